The summed E-state index contributed by atoms with van der Waals surface area (Å²) in [5.74, 6) is -0.632. The Morgan fingerprint density at radius 2 is 1.89 bits per heavy atom. The van der Waals surface area contributed by atoms with E-state index in [2.05, 4.69) is 26.8 Å². The van der Waals surface area contributed by atoms with E-state index in [9.17, 15) is 9.50 Å². The van der Waals surface area contributed by atoms with Gasteiger partial charge in [0.1, 0.15) is 17.2 Å². The molecule has 0 unspecified atom stereocenters. The van der Waals surface area contributed by atoms with E-state index in [4.69, 9.17) is 11.6 Å². The van der Waals surface area contributed by atoms with Crippen LogP contribution in [-0.4, -0.2) is 20.1 Å². The van der Waals surface area contributed by atoms with Crippen molar-refractivity contribution in [2.75, 3.05) is 5.32 Å². The molecule has 3 rings (SSSR count). The van der Waals surface area contributed by atoms with Gasteiger partial charge in [0.15, 0.2) is 5.82 Å². The Bertz CT molecular complexity index is 1410. The molecule has 0 fully saturated rings. The Balaban J connectivity index is 2.03. The molecule has 0 aliphatic heterocycles. The number of anilines is 1. The molecule has 0 atom stereocenters. The quantitative estimate of drug-likeness (QED) is 0.417. The number of benzene rings is 1. The van der Waals surface area contributed by atoms with Gasteiger partial charge in [-0.25, -0.2) is 18.7 Å². The highest BCUT2D eigenvalue weighted by Crippen LogP contribution is 2.22. The number of halogens is 3. The summed E-state index contributed by atoms with van der Waals surface area (Å²) >= 11 is 6.44. The van der Waals surface area contributed by atoms with Gasteiger partial charge in [-0.1, -0.05) is 43.3 Å². The lowest BCUT2D eigenvalue weighted by molar-refractivity contribution is 0.0686. The first-order chi connectivity index (χ1) is 17.0. The lowest BCUT2D eigenvalue weighted by atomic mass is 10.1. The normalized spacial score (nSPS) is 13.6. The summed E-state index contributed by atoms with van der Waals surface area (Å²) in [6.45, 7) is 10.6. The number of hydrogen-bond donors (Lipinski definition) is 2. The van der Waals surface area contributed by atoms with Gasteiger partial charge in [0, 0.05) is 47.6 Å². The van der Waals surface area contributed by atoms with E-state index < -0.39 is 11.4 Å². The molecule has 2 heterocycles. The fourth-order valence-electron chi connectivity index (χ4n) is 3.47. The molecule has 36 heavy (non-hydrogen) atoms. The molecular weight excluding hydrogens is 482 g/mol. The maximum Gasteiger partial charge on any atom is 0.159 e. The number of pyridine rings is 1. The van der Waals surface area contributed by atoms with Crippen LogP contribution in [0.2, 0.25) is 5.02 Å². The van der Waals surface area contributed by atoms with E-state index in [0.717, 1.165) is 5.56 Å². The Labute approximate surface area is 214 Å². The smallest absolute Gasteiger partial charge is 0.159 e. The number of aliphatic hydroxyl groups is 1. The summed E-state index contributed by atoms with van der Waals surface area (Å²) in [6, 6.07) is 4.74. The van der Waals surface area contributed by atoms with E-state index in [-0.39, 0.29) is 18.2 Å². The lowest BCUT2D eigenvalue weighted by Gasteiger charge is -2.15. The van der Waals surface area contributed by atoms with Crippen molar-refractivity contribution in [3.05, 3.63) is 93.1 Å². The van der Waals surface area contributed by atoms with Gasteiger partial charge in [0.25, 0.3) is 0 Å². The Morgan fingerprint density at radius 3 is 2.50 bits per heavy atom. The van der Waals surface area contributed by atoms with Gasteiger partial charge in [-0.3, -0.25) is 4.98 Å². The highest BCUT2D eigenvalue weighted by Gasteiger charge is 2.19. The average molecular weight is 511 g/mol. The SMILES string of the molecule is C=Cc1ccc(F)c(CNc2c(Cl)cnc(=C/C(F)=C(\C)c3cnc(C(C)(C)O)nc3)/c2=C/CC)c1. The summed E-state index contributed by atoms with van der Waals surface area (Å²) in [7, 11) is 0. The molecule has 0 aliphatic carbocycles. The maximum absolute atomic E-state index is 15.3. The zero-order chi connectivity index (χ0) is 26.5. The Hall–Kier alpha value is -3.42. The minimum absolute atomic E-state index is 0.170. The first-order valence-electron chi connectivity index (χ1n) is 11.5. The molecule has 0 radical (unpaired) electrons. The van der Waals surface area contributed by atoms with Gasteiger partial charge in [-0.2, -0.15) is 0 Å². The number of nitrogens with zero attached hydrogens (tertiary/aromatic N) is 3. The highest BCUT2D eigenvalue weighted by molar-refractivity contribution is 6.33. The summed E-state index contributed by atoms with van der Waals surface area (Å²) in [6.07, 6.45) is 9.87. The molecule has 0 bridgehead atoms. The highest BCUT2D eigenvalue weighted by atomic mass is 35.5. The predicted octanol–water partition coefficient (Wildman–Crippen LogP) is 5.52. The van der Waals surface area contributed by atoms with Gasteiger partial charge in [-0.15, -0.1) is 0 Å². The molecule has 0 saturated heterocycles. The molecule has 3 aromatic rings. The fraction of sp³-hybridized carbons (Fsp3) is 0.250. The summed E-state index contributed by atoms with van der Waals surface area (Å²) < 4.78 is 29.6. The van der Waals surface area contributed by atoms with Crippen LogP contribution in [0, 0.1) is 5.82 Å². The molecule has 8 heteroatoms. The molecule has 188 valence electrons. The average Bonchev–Trinajstić information content (AvgIpc) is 2.85. The first kappa shape index (κ1) is 27.2. The van der Waals surface area contributed by atoms with E-state index in [1.54, 1.807) is 39.0 Å². The standard InChI is InChI=1S/C28H29ClF2N4O/c1-6-8-21-25(12-24(31)17(3)20-14-34-27(35-15-20)28(4,5)36)32-16-22(29)26(21)33-13-19-11-18(7-2)9-10-23(19)30/h7-12,14-16,33,36H,2,6,13H2,1,3-5H3/b21-8-,24-17-,25-12+. The molecule has 0 amide bonds. The van der Waals surface area contributed by atoms with E-state index >= 15 is 4.39 Å². The van der Waals surface area contributed by atoms with Gasteiger partial charge in [-0.05, 0) is 50.5 Å². The molecule has 0 saturated carbocycles. The number of aromatic nitrogens is 3. The maximum atomic E-state index is 15.3. The fourth-order valence-corrected chi connectivity index (χ4v) is 3.68. The van der Waals surface area contributed by atoms with Gasteiger partial charge in [0.05, 0.1) is 16.1 Å². The van der Waals surface area contributed by atoms with Crippen molar-refractivity contribution in [3.63, 3.8) is 0 Å². The monoisotopic (exact) mass is 510 g/mol. The minimum Gasteiger partial charge on any atom is -0.382 e. The zero-order valence-corrected chi connectivity index (χ0v) is 21.5. The van der Waals surface area contributed by atoms with Crippen molar-refractivity contribution >= 4 is 41.1 Å². The molecule has 5 nitrogen and oxygen atoms in total. The van der Waals surface area contributed by atoms with Crippen molar-refractivity contribution in [3.8, 4) is 0 Å². The second-order valence-corrected chi connectivity index (χ2v) is 9.18. The number of hydrogen-bond acceptors (Lipinski definition) is 5. The van der Waals surface area contributed by atoms with Crippen molar-refractivity contribution in [2.45, 2.75) is 46.3 Å². The van der Waals surface area contributed by atoms with Crippen LogP contribution >= 0.6 is 11.6 Å². The molecule has 0 spiro atoms. The third-order valence-electron chi connectivity index (χ3n) is 5.52. The first-order valence-corrected chi connectivity index (χ1v) is 11.9. The molecule has 2 N–H and O–H groups in total. The van der Waals surface area contributed by atoms with Crippen molar-refractivity contribution < 1.29 is 13.9 Å². The third-order valence-corrected chi connectivity index (χ3v) is 5.81. The van der Waals surface area contributed by atoms with Gasteiger partial charge in [0.2, 0.25) is 0 Å². The van der Waals surface area contributed by atoms with Crippen LogP contribution in [0.3, 0.4) is 0 Å². The predicted molar refractivity (Wildman–Crippen MR) is 143 cm³/mol. The summed E-state index contributed by atoms with van der Waals surface area (Å²) in [5.41, 5.74) is 1.37. The largest absolute Gasteiger partial charge is 0.382 e. The number of nitrogens with one attached hydrogen (secondary N) is 1. The lowest BCUT2D eigenvalue weighted by Crippen LogP contribution is -2.31. The summed E-state index contributed by atoms with van der Waals surface area (Å²) in [4.78, 5) is 12.6. The van der Waals surface area contributed by atoms with Crippen molar-refractivity contribution in [2.24, 2.45) is 0 Å². The molecule has 1 aromatic carbocycles. The zero-order valence-electron chi connectivity index (χ0n) is 20.7. The van der Waals surface area contributed by atoms with Gasteiger partial charge < -0.3 is 10.4 Å². The molecule has 2 aromatic heterocycles. The van der Waals surface area contributed by atoms with E-state index in [1.807, 2.05) is 13.0 Å². The minimum atomic E-state index is -1.20. The van der Waals surface area contributed by atoms with Crippen LogP contribution in [0.1, 0.15) is 56.6 Å². The van der Waals surface area contributed by atoms with Crippen LogP contribution in [0.5, 0.6) is 0 Å². The topological polar surface area (TPSA) is 70.9 Å². The van der Waals surface area contributed by atoms with Crippen molar-refractivity contribution in [1.29, 1.82) is 0 Å². The van der Waals surface area contributed by atoms with Crippen LogP contribution in [0.25, 0.3) is 23.8 Å². The van der Waals surface area contributed by atoms with Crippen LogP contribution < -0.4 is 15.9 Å². The van der Waals surface area contributed by atoms with Crippen LogP contribution in [0.4, 0.5) is 14.5 Å². The molecule has 0 aliphatic rings. The van der Waals surface area contributed by atoms with Crippen molar-refractivity contribution in [1.82, 2.24) is 15.0 Å². The number of rotatable bonds is 8. The van der Waals surface area contributed by atoms with Gasteiger partial charge >= 0.3 is 0 Å². The second-order valence-electron chi connectivity index (χ2n) is 8.77. The third kappa shape index (κ3) is 6.42. The van der Waals surface area contributed by atoms with E-state index in [0.29, 0.717) is 44.4 Å². The second kappa shape index (κ2) is 11.5. The Morgan fingerprint density at radius 1 is 1.19 bits per heavy atom. The molecular formula is C28H29ClF2N4O. The Kier molecular flexibility index (Phi) is 8.71. The summed E-state index contributed by atoms with van der Waals surface area (Å²) in [5, 5.41) is 14.5. The van der Waals surface area contributed by atoms with E-state index in [1.165, 1.54) is 30.7 Å². The number of allylic oxidation sites excluding steroid dienone is 2. The van der Waals surface area contributed by atoms with Crippen LogP contribution in [0.15, 0.2) is 49.2 Å². The van der Waals surface area contributed by atoms with Crippen LogP contribution in [-0.2, 0) is 12.1 Å².